The summed E-state index contributed by atoms with van der Waals surface area (Å²) in [5.41, 5.74) is 4.32. The number of nitrogens with one attached hydrogen (secondary N) is 1. The number of carbonyl (C=O) groups excluding carboxylic acids is 1. The fourth-order valence-corrected chi connectivity index (χ4v) is 2.61. The minimum Gasteiger partial charge on any atom is -0.480 e. The lowest BCUT2D eigenvalue weighted by Crippen LogP contribution is -2.46. The van der Waals surface area contributed by atoms with Crippen LogP contribution in [0.15, 0.2) is 18.2 Å². The Morgan fingerprint density at radius 3 is 2.40 bits per heavy atom. The molecule has 1 saturated carbocycles. The standard InChI is InChI=1S/C14H19N3O3/c15-12(18)10-6-5-7-11(16-10)17-14(13(19)20)8-3-1-2-4-9-14/h5-7H,1-4,8-9H2,(H2,15,18)(H,16,17)(H,19,20). The fourth-order valence-electron chi connectivity index (χ4n) is 2.61. The molecule has 6 nitrogen and oxygen atoms in total. The topological polar surface area (TPSA) is 105 Å². The largest absolute Gasteiger partial charge is 0.480 e. The van der Waals surface area contributed by atoms with Gasteiger partial charge in [0.25, 0.3) is 5.91 Å². The van der Waals surface area contributed by atoms with Crippen molar-refractivity contribution in [2.45, 2.75) is 44.1 Å². The van der Waals surface area contributed by atoms with E-state index < -0.39 is 17.4 Å². The van der Waals surface area contributed by atoms with Gasteiger partial charge in [-0.05, 0) is 25.0 Å². The first-order chi connectivity index (χ1) is 9.53. The molecule has 1 amide bonds. The molecule has 1 aromatic rings. The Hall–Kier alpha value is -2.11. The summed E-state index contributed by atoms with van der Waals surface area (Å²) in [6.45, 7) is 0. The third-order valence-electron chi connectivity index (χ3n) is 3.74. The zero-order chi connectivity index (χ0) is 14.6. The van der Waals surface area contributed by atoms with Crippen molar-refractivity contribution >= 4 is 17.7 Å². The molecule has 0 atom stereocenters. The van der Waals surface area contributed by atoms with Crippen LogP contribution in [-0.4, -0.2) is 27.5 Å². The average molecular weight is 277 g/mol. The van der Waals surface area contributed by atoms with Crippen LogP contribution >= 0.6 is 0 Å². The molecule has 0 bridgehead atoms. The maximum atomic E-state index is 11.7. The molecule has 4 N–H and O–H groups in total. The third kappa shape index (κ3) is 3.07. The minimum atomic E-state index is -1.00. The quantitative estimate of drug-likeness (QED) is 0.727. The number of amides is 1. The van der Waals surface area contributed by atoms with Crippen LogP contribution in [0.25, 0.3) is 0 Å². The predicted octanol–water partition coefficient (Wildman–Crippen LogP) is 1.77. The van der Waals surface area contributed by atoms with Crippen LogP contribution in [0.4, 0.5) is 5.82 Å². The number of nitrogens with two attached hydrogens (primary N) is 1. The summed E-state index contributed by atoms with van der Waals surface area (Å²) in [4.78, 5) is 26.9. The smallest absolute Gasteiger partial charge is 0.329 e. The lowest BCUT2D eigenvalue weighted by Gasteiger charge is -2.29. The molecular formula is C14H19N3O3. The summed E-state index contributed by atoms with van der Waals surface area (Å²) < 4.78 is 0. The maximum absolute atomic E-state index is 11.7. The van der Waals surface area contributed by atoms with Gasteiger partial charge in [-0.15, -0.1) is 0 Å². The van der Waals surface area contributed by atoms with Gasteiger partial charge in [0.05, 0.1) is 0 Å². The van der Waals surface area contributed by atoms with Gasteiger partial charge in [-0.3, -0.25) is 4.79 Å². The molecule has 0 radical (unpaired) electrons. The highest BCUT2D eigenvalue weighted by Gasteiger charge is 2.38. The Kier molecular flexibility index (Phi) is 4.22. The maximum Gasteiger partial charge on any atom is 0.329 e. The van der Waals surface area contributed by atoms with Crippen LogP contribution in [0.1, 0.15) is 49.0 Å². The van der Waals surface area contributed by atoms with Crippen molar-refractivity contribution in [2.24, 2.45) is 5.73 Å². The molecule has 2 rings (SSSR count). The molecule has 1 aliphatic rings. The van der Waals surface area contributed by atoms with Crippen LogP contribution in [0, 0.1) is 0 Å². The molecule has 0 aliphatic heterocycles. The van der Waals surface area contributed by atoms with Crippen LogP contribution in [-0.2, 0) is 4.79 Å². The molecule has 0 saturated heterocycles. The Morgan fingerprint density at radius 1 is 1.20 bits per heavy atom. The average Bonchev–Trinajstić information content (AvgIpc) is 2.65. The SMILES string of the molecule is NC(=O)c1cccc(NC2(C(=O)O)CCCCCC2)n1. The normalized spacial score (nSPS) is 18.0. The Morgan fingerprint density at radius 2 is 1.85 bits per heavy atom. The summed E-state index contributed by atoms with van der Waals surface area (Å²) in [5, 5.41) is 12.6. The first-order valence-electron chi connectivity index (χ1n) is 6.82. The van der Waals surface area contributed by atoms with Crippen molar-refractivity contribution in [3.8, 4) is 0 Å². The number of primary amides is 1. The zero-order valence-corrected chi connectivity index (χ0v) is 11.3. The van der Waals surface area contributed by atoms with E-state index in [0.717, 1.165) is 25.7 Å². The Bertz CT molecular complexity index is 508. The number of carbonyl (C=O) groups is 2. The van der Waals surface area contributed by atoms with Crippen molar-refractivity contribution in [1.82, 2.24) is 4.98 Å². The van der Waals surface area contributed by atoms with Crippen LogP contribution < -0.4 is 11.1 Å². The van der Waals surface area contributed by atoms with E-state index in [2.05, 4.69) is 10.3 Å². The predicted molar refractivity (Wildman–Crippen MR) is 74.4 cm³/mol. The van der Waals surface area contributed by atoms with E-state index in [-0.39, 0.29) is 5.69 Å². The van der Waals surface area contributed by atoms with Crippen molar-refractivity contribution in [1.29, 1.82) is 0 Å². The van der Waals surface area contributed by atoms with Crippen LogP contribution in [0.5, 0.6) is 0 Å². The Labute approximate surface area is 117 Å². The molecule has 20 heavy (non-hydrogen) atoms. The molecule has 0 aromatic carbocycles. The second-order valence-corrected chi connectivity index (χ2v) is 5.20. The van der Waals surface area contributed by atoms with Gasteiger partial charge in [-0.25, -0.2) is 9.78 Å². The fraction of sp³-hybridized carbons (Fsp3) is 0.500. The van der Waals surface area contributed by atoms with E-state index in [1.165, 1.54) is 6.07 Å². The van der Waals surface area contributed by atoms with Gasteiger partial charge < -0.3 is 16.2 Å². The molecule has 1 fully saturated rings. The number of hydrogen-bond donors (Lipinski definition) is 3. The zero-order valence-electron chi connectivity index (χ0n) is 11.3. The molecule has 1 heterocycles. The van der Waals surface area contributed by atoms with Crippen LogP contribution in [0.3, 0.4) is 0 Å². The molecule has 1 aliphatic carbocycles. The van der Waals surface area contributed by atoms with E-state index in [0.29, 0.717) is 18.7 Å². The lowest BCUT2D eigenvalue weighted by atomic mass is 9.90. The highest BCUT2D eigenvalue weighted by Crippen LogP contribution is 2.30. The number of aliphatic carboxylic acids is 1. The lowest BCUT2D eigenvalue weighted by molar-refractivity contribution is -0.142. The van der Waals surface area contributed by atoms with Crippen molar-refractivity contribution in [2.75, 3.05) is 5.32 Å². The van der Waals surface area contributed by atoms with E-state index in [4.69, 9.17) is 5.73 Å². The first kappa shape index (κ1) is 14.3. The van der Waals surface area contributed by atoms with Crippen LogP contribution in [0.2, 0.25) is 0 Å². The highest BCUT2D eigenvalue weighted by atomic mass is 16.4. The van der Waals surface area contributed by atoms with E-state index in [1.807, 2.05) is 0 Å². The minimum absolute atomic E-state index is 0.129. The van der Waals surface area contributed by atoms with Gasteiger partial charge in [-0.1, -0.05) is 31.7 Å². The summed E-state index contributed by atoms with van der Waals surface area (Å²) in [7, 11) is 0. The number of carboxylic acids is 1. The number of carboxylic acid groups (broad SMARTS) is 1. The second kappa shape index (κ2) is 5.90. The van der Waals surface area contributed by atoms with Gasteiger partial charge >= 0.3 is 5.97 Å². The van der Waals surface area contributed by atoms with E-state index >= 15 is 0 Å². The number of aromatic nitrogens is 1. The van der Waals surface area contributed by atoms with Crippen molar-refractivity contribution in [3.05, 3.63) is 23.9 Å². The summed E-state index contributed by atoms with van der Waals surface area (Å²) in [5.74, 6) is -1.12. The van der Waals surface area contributed by atoms with E-state index in [9.17, 15) is 14.7 Å². The third-order valence-corrected chi connectivity index (χ3v) is 3.74. The highest BCUT2D eigenvalue weighted by molar-refractivity contribution is 5.91. The van der Waals surface area contributed by atoms with Crippen molar-refractivity contribution < 1.29 is 14.7 Å². The van der Waals surface area contributed by atoms with Gasteiger partial charge in [0.2, 0.25) is 0 Å². The number of pyridine rings is 1. The molecule has 6 heteroatoms. The second-order valence-electron chi connectivity index (χ2n) is 5.20. The molecule has 0 spiro atoms. The number of anilines is 1. The number of nitrogens with zero attached hydrogens (tertiary/aromatic N) is 1. The number of hydrogen-bond acceptors (Lipinski definition) is 4. The van der Waals surface area contributed by atoms with Gasteiger partial charge in [0.1, 0.15) is 17.1 Å². The number of rotatable bonds is 4. The summed E-state index contributed by atoms with van der Waals surface area (Å²) >= 11 is 0. The Balaban J connectivity index is 2.25. The molecule has 108 valence electrons. The molecular weight excluding hydrogens is 258 g/mol. The summed E-state index contributed by atoms with van der Waals surface area (Å²) in [6.07, 6.45) is 4.95. The first-order valence-corrected chi connectivity index (χ1v) is 6.82. The van der Waals surface area contributed by atoms with Gasteiger partial charge in [-0.2, -0.15) is 0 Å². The monoisotopic (exact) mass is 277 g/mol. The molecule has 1 aromatic heterocycles. The van der Waals surface area contributed by atoms with Gasteiger partial charge in [0, 0.05) is 0 Å². The summed E-state index contributed by atoms with van der Waals surface area (Å²) in [6, 6.07) is 4.80. The molecule has 0 unspecified atom stereocenters. The van der Waals surface area contributed by atoms with Gasteiger partial charge in [0.15, 0.2) is 0 Å². The van der Waals surface area contributed by atoms with Crippen molar-refractivity contribution in [3.63, 3.8) is 0 Å². The van der Waals surface area contributed by atoms with E-state index in [1.54, 1.807) is 12.1 Å².